The molecule has 1 amide bonds. The lowest BCUT2D eigenvalue weighted by Gasteiger charge is -2.37. The van der Waals surface area contributed by atoms with Crippen LogP contribution in [0.4, 0.5) is 0 Å². The Morgan fingerprint density at radius 3 is 2.55 bits per heavy atom. The van der Waals surface area contributed by atoms with Crippen LogP contribution in [0.25, 0.3) is 0 Å². The molecule has 0 aromatic heterocycles. The van der Waals surface area contributed by atoms with Crippen molar-refractivity contribution in [1.29, 1.82) is 0 Å². The average molecular weight is 397 g/mol. The van der Waals surface area contributed by atoms with Gasteiger partial charge in [-0.3, -0.25) is 14.4 Å². The molecule has 4 rings (SSSR count). The van der Waals surface area contributed by atoms with Crippen molar-refractivity contribution in [2.24, 2.45) is 17.3 Å². The second-order valence-electron chi connectivity index (χ2n) is 9.68. The minimum Gasteiger partial charge on any atom is -0.480 e. The Hall–Kier alpha value is -2.31. The van der Waals surface area contributed by atoms with Crippen molar-refractivity contribution >= 4 is 24.7 Å². The minimum absolute atomic E-state index is 0.0218. The van der Waals surface area contributed by atoms with Crippen molar-refractivity contribution in [1.82, 2.24) is 4.81 Å². The number of carboxylic acid groups (broad SMARTS) is 1. The summed E-state index contributed by atoms with van der Waals surface area (Å²) in [6, 6.07) is 9.07. The maximum atomic E-state index is 13.6. The largest absolute Gasteiger partial charge is 0.480 e. The fourth-order valence-corrected chi connectivity index (χ4v) is 5.53. The van der Waals surface area contributed by atoms with Crippen molar-refractivity contribution in [3.05, 3.63) is 35.9 Å². The molecule has 1 spiro atoms. The molecule has 6 nitrogen and oxygen atoms in total. The van der Waals surface area contributed by atoms with Crippen LogP contribution >= 0.6 is 0 Å². The SMILES string of the molecule is CC(C)(C)OC(=O)[C@@H]1C(Cc2ccccc2)C12CCB1CC[C@@H](C(=O)O)N1C2=O. The fourth-order valence-electron chi connectivity index (χ4n) is 5.53. The van der Waals surface area contributed by atoms with Gasteiger partial charge in [0.15, 0.2) is 0 Å². The molecule has 1 aromatic rings. The minimum atomic E-state index is -0.952. The quantitative estimate of drug-likeness (QED) is 0.624. The molecule has 1 aromatic carbocycles. The van der Waals surface area contributed by atoms with Crippen LogP contribution in [-0.4, -0.2) is 46.3 Å². The molecule has 3 fully saturated rings. The van der Waals surface area contributed by atoms with Crippen LogP contribution in [0.2, 0.25) is 12.6 Å². The number of aliphatic carboxylic acids is 1. The number of carboxylic acids is 1. The molecule has 154 valence electrons. The number of benzene rings is 1. The molecule has 1 aliphatic carbocycles. The standard InChI is InChI=1S/C22H28BNO5/c1-21(2,3)29-19(27)17-15(13-14-7-5-4-6-8-14)22(17)10-12-23-11-9-16(18(25)26)24(23)20(22)28/h4-8,15-17H,9-13H2,1-3H3,(H,25,26)/t15?,16-,17-,22?/m0/s1. The number of nitrogens with zero attached hydrogens (tertiary/aromatic N) is 1. The van der Waals surface area contributed by atoms with E-state index in [1.54, 1.807) is 4.81 Å². The van der Waals surface area contributed by atoms with E-state index < -0.39 is 28.9 Å². The van der Waals surface area contributed by atoms with Gasteiger partial charge in [-0.2, -0.15) is 0 Å². The van der Waals surface area contributed by atoms with Gasteiger partial charge in [-0.25, -0.2) is 0 Å². The fraction of sp³-hybridized carbons (Fsp3) is 0.591. The zero-order valence-electron chi connectivity index (χ0n) is 17.3. The first-order chi connectivity index (χ1) is 13.6. The van der Waals surface area contributed by atoms with Gasteiger partial charge in [-0.05, 0) is 51.5 Å². The molecule has 2 unspecified atom stereocenters. The summed E-state index contributed by atoms with van der Waals surface area (Å²) in [5.41, 5.74) is -0.378. The van der Waals surface area contributed by atoms with Crippen molar-refractivity contribution in [2.45, 2.75) is 64.3 Å². The lowest BCUT2D eigenvalue weighted by molar-refractivity contribution is -0.159. The summed E-state index contributed by atoms with van der Waals surface area (Å²) < 4.78 is 5.67. The molecule has 2 aliphatic heterocycles. The lowest BCUT2D eigenvalue weighted by Crippen LogP contribution is -2.54. The predicted octanol–water partition coefficient (Wildman–Crippen LogP) is 2.88. The molecular formula is C22H28BNO5. The predicted molar refractivity (Wildman–Crippen MR) is 108 cm³/mol. The van der Waals surface area contributed by atoms with Gasteiger partial charge in [0.25, 0.3) is 6.85 Å². The average Bonchev–Trinajstić information content (AvgIpc) is 3.04. The highest BCUT2D eigenvalue weighted by molar-refractivity contribution is 6.61. The smallest absolute Gasteiger partial charge is 0.325 e. The number of hydrogen-bond donors (Lipinski definition) is 1. The first-order valence-corrected chi connectivity index (χ1v) is 10.5. The Labute approximate surface area is 171 Å². The summed E-state index contributed by atoms with van der Waals surface area (Å²) in [6.45, 7) is 5.45. The van der Waals surface area contributed by atoms with Crippen LogP contribution in [0.1, 0.15) is 39.2 Å². The van der Waals surface area contributed by atoms with Crippen molar-refractivity contribution in [3.8, 4) is 0 Å². The number of rotatable bonds is 4. The number of carbonyl (C=O) groups is 3. The molecule has 1 N–H and O–H groups in total. The Morgan fingerprint density at radius 2 is 1.93 bits per heavy atom. The molecule has 2 heterocycles. The molecule has 7 heteroatoms. The third kappa shape index (κ3) is 3.34. The van der Waals surface area contributed by atoms with Crippen molar-refractivity contribution in [2.75, 3.05) is 0 Å². The molecule has 4 atom stereocenters. The topological polar surface area (TPSA) is 83.9 Å². The summed E-state index contributed by atoms with van der Waals surface area (Å²) in [5, 5.41) is 9.60. The van der Waals surface area contributed by atoms with E-state index in [4.69, 9.17) is 4.74 Å². The molecule has 2 saturated heterocycles. The van der Waals surface area contributed by atoms with E-state index in [0.717, 1.165) is 18.2 Å². The maximum Gasteiger partial charge on any atom is 0.325 e. The summed E-state index contributed by atoms with van der Waals surface area (Å²) in [4.78, 5) is 40.0. The number of hydrogen-bond acceptors (Lipinski definition) is 4. The van der Waals surface area contributed by atoms with Gasteiger partial charge < -0.3 is 14.7 Å². The second-order valence-corrected chi connectivity index (χ2v) is 9.68. The molecule has 3 aliphatic rings. The van der Waals surface area contributed by atoms with Crippen LogP contribution in [0.15, 0.2) is 30.3 Å². The van der Waals surface area contributed by atoms with E-state index in [-0.39, 0.29) is 24.6 Å². The van der Waals surface area contributed by atoms with Gasteiger partial charge in [0, 0.05) is 0 Å². The van der Waals surface area contributed by atoms with Gasteiger partial charge in [0.1, 0.15) is 11.6 Å². The van der Waals surface area contributed by atoms with E-state index in [2.05, 4.69) is 0 Å². The number of ether oxygens (including phenoxy) is 1. The van der Waals surface area contributed by atoms with Crippen LogP contribution in [0.3, 0.4) is 0 Å². The number of carbonyl (C=O) groups excluding carboxylic acids is 2. The maximum absolute atomic E-state index is 13.6. The highest BCUT2D eigenvalue weighted by Crippen LogP contribution is 2.67. The van der Waals surface area contributed by atoms with Crippen LogP contribution < -0.4 is 0 Å². The van der Waals surface area contributed by atoms with Crippen molar-refractivity contribution in [3.63, 3.8) is 0 Å². The zero-order valence-corrected chi connectivity index (χ0v) is 17.3. The lowest BCUT2D eigenvalue weighted by atomic mass is 9.51. The monoisotopic (exact) mass is 397 g/mol. The van der Waals surface area contributed by atoms with Gasteiger partial charge in [-0.1, -0.05) is 43.0 Å². The second kappa shape index (κ2) is 6.89. The van der Waals surface area contributed by atoms with Gasteiger partial charge in [0.2, 0.25) is 5.91 Å². The Kier molecular flexibility index (Phi) is 4.75. The van der Waals surface area contributed by atoms with E-state index in [1.807, 2.05) is 51.1 Å². The Bertz CT molecular complexity index is 835. The normalized spacial score (nSPS) is 31.0. The highest BCUT2D eigenvalue weighted by atomic mass is 16.6. The zero-order chi connectivity index (χ0) is 21.0. The highest BCUT2D eigenvalue weighted by Gasteiger charge is 2.75. The van der Waals surface area contributed by atoms with E-state index in [0.29, 0.717) is 19.3 Å². The van der Waals surface area contributed by atoms with Crippen molar-refractivity contribution < 1.29 is 24.2 Å². The summed E-state index contributed by atoms with van der Waals surface area (Å²) in [7, 11) is 0. The third-order valence-electron chi connectivity index (χ3n) is 6.78. The number of fused-ring (bicyclic) bond motifs is 1. The van der Waals surface area contributed by atoms with Crippen LogP contribution in [0, 0.1) is 17.3 Å². The van der Waals surface area contributed by atoms with Gasteiger partial charge >= 0.3 is 11.9 Å². The number of amides is 1. The van der Waals surface area contributed by atoms with E-state index in [9.17, 15) is 19.5 Å². The Balaban J connectivity index is 1.65. The molecule has 0 radical (unpaired) electrons. The summed E-state index contributed by atoms with van der Waals surface area (Å²) in [6.07, 6.45) is 3.20. The van der Waals surface area contributed by atoms with Crippen LogP contribution in [-0.2, 0) is 25.5 Å². The molecule has 1 saturated carbocycles. The van der Waals surface area contributed by atoms with E-state index >= 15 is 0 Å². The van der Waals surface area contributed by atoms with E-state index in [1.165, 1.54) is 0 Å². The first kappa shape index (κ1) is 20.0. The van der Waals surface area contributed by atoms with Gasteiger partial charge in [0.05, 0.1) is 11.3 Å². The summed E-state index contributed by atoms with van der Waals surface area (Å²) >= 11 is 0. The molecular weight excluding hydrogens is 369 g/mol. The third-order valence-corrected chi connectivity index (χ3v) is 6.78. The Morgan fingerprint density at radius 1 is 1.24 bits per heavy atom. The number of esters is 1. The first-order valence-electron chi connectivity index (χ1n) is 10.5. The van der Waals surface area contributed by atoms with Crippen LogP contribution in [0.5, 0.6) is 0 Å². The molecule has 0 bridgehead atoms. The van der Waals surface area contributed by atoms with Gasteiger partial charge in [-0.15, -0.1) is 0 Å². The molecule has 29 heavy (non-hydrogen) atoms. The summed E-state index contributed by atoms with van der Waals surface area (Å²) in [5.74, 6) is -2.10.